The standard InChI is InChI=1S/C17H17NO/c1-11-7-8-15-14-5-3-4-6-16(14)18(9-13-10-19-13)17(15)12(11)2/h3-8,13H,9-10H2,1-2H3. The minimum absolute atomic E-state index is 0.402. The molecule has 1 aliphatic rings. The zero-order valence-electron chi connectivity index (χ0n) is 11.3. The zero-order chi connectivity index (χ0) is 13.0. The molecule has 1 aliphatic heterocycles. The lowest BCUT2D eigenvalue weighted by molar-refractivity contribution is 0.387. The molecule has 0 spiro atoms. The summed E-state index contributed by atoms with van der Waals surface area (Å²) in [4.78, 5) is 0. The highest BCUT2D eigenvalue weighted by atomic mass is 16.6. The topological polar surface area (TPSA) is 17.5 Å². The van der Waals surface area contributed by atoms with Crippen molar-refractivity contribution in [2.45, 2.75) is 26.5 Å². The van der Waals surface area contributed by atoms with E-state index < -0.39 is 0 Å². The van der Waals surface area contributed by atoms with Crippen LogP contribution >= 0.6 is 0 Å². The summed E-state index contributed by atoms with van der Waals surface area (Å²) in [5.74, 6) is 0. The lowest BCUT2D eigenvalue weighted by Gasteiger charge is -2.09. The van der Waals surface area contributed by atoms with Crippen molar-refractivity contribution in [1.82, 2.24) is 4.57 Å². The van der Waals surface area contributed by atoms with Crippen LogP contribution in [0.2, 0.25) is 0 Å². The number of fused-ring (bicyclic) bond motifs is 3. The number of hydrogen-bond acceptors (Lipinski definition) is 1. The number of hydrogen-bond donors (Lipinski definition) is 0. The summed E-state index contributed by atoms with van der Waals surface area (Å²) in [6.45, 7) is 6.28. The van der Waals surface area contributed by atoms with E-state index >= 15 is 0 Å². The third-order valence-corrected chi connectivity index (χ3v) is 4.25. The van der Waals surface area contributed by atoms with Gasteiger partial charge in [-0.25, -0.2) is 0 Å². The summed E-state index contributed by atoms with van der Waals surface area (Å²) in [6, 6.07) is 13.2. The van der Waals surface area contributed by atoms with Gasteiger partial charge in [-0.05, 0) is 31.0 Å². The Morgan fingerprint density at radius 2 is 1.89 bits per heavy atom. The van der Waals surface area contributed by atoms with Crippen molar-refractivity contribution in [2.75, 3.05) is 6.61 Å². The molecule has 1 unspecified atom stereocenters. The van der Waals surface area contributed by atoms with E-state index in [-0.39, 0.29) is 0 Å². The molecule has 96 valence electrons. The van der Waals surface area contributed by atoms with Crippen molar-refractivity contribution in [2.24, 2.45) is 0 Å². The van der Waals surface area contributed by atoms with Crippen LogP contribution in [0, 0.1) is 13.8 Å². The first kappa shape index (κ1) is 11.1. The number of rotatable bonds is 2. The van der Waals surface area contributed by atoms with E-state index in [1.165, 1.54) is 32.9 Å². The van der Waals surface area contributed by atoms with E-state index in [1.54, 1.807) is 0 Å². The molecular weight excluding hydrogens is 234 g/mol. The van der Waals surface area contributed by atoms with Crippen LogP contribution in [-0.4, -0.2) is 17.3 Å². The molecule has 1 aromatic heterocycles. The van der Waals surface area contributed by atoms with Crippen molar-refractivity contribution >= 4 is 21.8 Å². The highest BCUT2D eigenvalue weighted by molar-refractivity contribution is 6.09. The van der Waals surface area contributed by atoms with Crippen LogP contribution in [0.15, 0.2) is 36.4 Å². The molecule has 1 saturated heterocycles. The molecule has 0 saturated carbocycles. The molecule has 0 radical (unpaired) electrons. The highest BCUT2D eigenvalue weighted by Gasteiger charge is 2.25. The summed E-state index contributed by atoms with van der Waals surface area (Å²) >= 11 is 0. The van der Waals surface area contributed by atoms with Gasteiger partial charge in [0.05, 0.1) is 24.8 Å². The predicted octanol–water partition coefficient (Wildman–Crippen LogP) is 3.81. The lowest BCUT2D eigenvalue weighted by atomic mass is 10.1. The van der Waals surface area contributed by atoms with Gasteiger partial charge in [-0.3, -0.25) is 0 Å². The zero-order valence-corrected chi connectivity index (χ0v) is 11.3. The van der Waals surface area contributed by atoms with Gasteiger partial charge in [0, 0.05) is 16.3 Å². The average molecular weight is 251 g/mol. The Labute approximate surface area is 112 Å². The van der Waals surface area contributed by atoms with E-state index in [4.69, 9.17) is 4.74 Å². The van der Waals surface area contributed by atoms with Crippen LogP contribution in [0.5, 0.6) is 0 Å². The maximum Gasteiger partial charge on any atom is 0.0988 e. The number of nitrogens with zero attached hydrogens (tertiary/aromatic N) is 1. The van der Waals surface area contributed by atoms with Gasteiger partial charge in [-0.15, -0.1) is 0 Å². The van der Waals surface area contributed by atoms with Crippen molar-refractivity contribution in [3.63, 3.8) is 0 Å². The maximum absolute atomic E-state index is 5.43. The van der Waals surface area contributed by atoms with E-state index in [2.05, 4.69) is 54.8 Å². The fourth-order valence-electron chi connectivity index (χ4n) is 2.99. The number of aryl methyl sites for hydroxylation is 2. The largest absolute Gasteiger partial charge is 0.371 e. The second kappa shape index (κ2) is 3.84. The number of ether oxygens (including phenoxy) is 1. The third-order valence-electron chi connectivity index (χ3n) is 4.25. The lowest BCUT2D eigenvalue weighted by Crippen LogP contribution is -2.04. The van der Waals surface area contributed by atoms with Crippen molar-refractivity contribution in [3.05, 3.63) is 47.5 Å². The molecule has 0 bridgehead atoms. The van der Waals surface area contributed by atoms with E-state index in [0.29, 0.717) is 6.10 Å². The molecule has 4 rings (SSSR count). The Morgan fingerprint density at radius 1 is 1.11 bits per heavy atom. The number of aromatic nitrogens is 1. The van der Waals surface area contributed by atoms with Gasteiger partial charge in [-0.2, -0.15) is 0 Å². The summed E-state index contributed by atoms with van der Waals surface area (Å²) in [5, 5.41) is 2.71. The van der Waals surface area contributed by atoms with Crippen LogP contribution < -0.4 is 0 Å². The minimum Gasteiger partial charge on any atom is -0.371 e. The molecule has 3 aromatic rings. The fourth-order valence-corrected chi connectivity index (χ4v) is 2.99. The molecule has 0 N–H and O–H groups in total. The Morgan fingerprint density at radius 3 is 2.68 bits per heavy atom. The molecular formula is C17H17NO. The first-order valence-electron chi connectivity index (χ1n) is 6.84. The van der Waals surface area contributed by atoms with Gasteiger partial charge < -0.3 is 9.30 Å². The van der Waals surface area contributed by atoms with Crippen LogP contribution in [0.3, 0.4) is 0 Å². The molecule has 2 heterocycles. The number of para-hydroxylation sites is 1. The van der Waals surface area contributed by atoms with Gasteiger partial charge in [0.25, 0.3) is 0 Å². The van der Waals surface area contributed by atoms with Crippen molar-refractivity contribution in [1.29, 1.82) is 0 Å². The van der Waals surface area contributed by atoms with E-state index in [0.717, 1.165) is 13.2 Å². The van der Waals surface area contributed by atoms with Crippen molar-refractivity contribution < 1.29 is 4.74 Å². The van der Waals surface area contributed by atoms with Gasteiger partial charge in [0.1, 0.15) is 0 Å². The second-order valence-corrected chi connectivity index (χ2v) is 5.49. The maximum atomic E-state index is 5.43. The molecule has 1 atom stereocenters. The monoisotopic (exact) mass is 251 g/mol. The summed E-state index contributed by atoms with van der Waals surface area (Å²) in [6.07, 6.45) is 0.402. The molecule has 1 fully saturated rings. The Balaban J connectivity index is 2.14. The van der Waals surface area contributed by atoms with Gasteiger partial charge in [0.2, 0.25) is 0 Å². The molecule has 0 amide bonds. The van der Waals surface area contributed by atoms with Crippen LogP contribution in [0.4, 0.5) is 0 Å². The van der Waals surface area contributed by atoms with Gasteiger partial charge in [-0.1, -0.05) is 30.3 Å². The fraction of sp³-hybridized carbons (Fsp3) is 0.294. The number of benzene rings is 2. The third kappa shape index (κ3) is 1.60. The minimum atomic E-state index is 0.402. The SMILES string of the molecule is Cc1ccc2c3ccccc3n(CC3CO3)c2c1C. The van der Waals surface area contributed by atoms with Crippen LogP contribution in [0.1, 0.15) is 11.1 Å². The molecule has 0 aliphatic carbocycles. The van der Waals surface area contributed by atoms with E-state index in [9.17, 15) is 0 Å². The first-order valence-corrected chi connectivity index (χ1v) is 6.84. The molecule has 2 heteroatoms. The molecule has 2 aromatic carbocycles. The Hall–Kier alpha value is -1.80. The smallest absolute Gasteiger partial charge is 0.0988 e. The first-order chi connectivity index (χ1) is 9.25. The predicted molar refractivity (Wildman–Crippen MR) is 78.7 cm³/mol. The highest BCUT2D eigenvalue weighted by Crippen LogP contribution is 2.33. The Kier molecular flexibility index (Phi) is 2.24. The number of epoxide rings is 1. The van der Waals surface area contributed by atoms with Gasteiger partial charge >= 0.3 is 0 Å². The Bertz CT molecular complexity index is 781. The van der Waals surface area contributed by atoms with Crippen molar-refractivity contribution in [3.8, 4) is 0 Å². The second-order valence-electron chi connectivity index (χ2n) is 5.49. The summed E-state index contributed by atoms with van der Waals surface area (Å²) in [5.41, 5.74) is 5.43. The molecule has 2 nitrogen and oxygen atoms in total. The van der Waals surface area contributed by atoms with E-state index in [1.807, 2.05) is 0 Å². The molecule has 19 heavy (non-hydrogen) atoms. The van der Waals surface area contributed by atoms with Gasteiger partial charge in [0.15, 0.2) is 0 Å². The summed E-state index contributed by atoms with van der Waals surface area (Å²) in [7, 11) is 0. The average Bonchev–Trinajstić information content (AvgIpc) is 3.18. The van der Waals surface area contributed by atoms with Crippen LogP contribution in [-0.2, 0) is 11.3 Å². The quantitative estimate of drug-likeness (QED) is 0.633. The summed E-state index contributed by atoms with van der Waals surface area (Å²) < 4.78 is 7.86. The normalized spacial score (nSPS) is 18.3. The van der Waals surface area contributed by atoms with Crippen LogP contribution in [0.25, 0.3) is 21.8 Å².